The summed E-state index contributed by atoms with van der Waals surface area (Å²) >= 11 is 0. The minimum Gasteiger partial charge on any atom is -0.466 e. The lowest BCUT2D eigenvalue weighted by Crippen LogP contribution is -2.21. The molecule has 0 atom stereocenters. The second-order valence-electron chi connectivity index (χ2n) is 9.36. The molecule has 0 aromatic rings. The van der Waals surface area contributed by atoms with Crippen molar-refractivity contribution in [3.8, 4) is 0 Å². The summed E-state index contributed by atoms with van der Waals surface area (Å²) < 4.78 is 17.3. The fourth-order valence-corrected chi connectivity index (χ4v) is 3.48. The van der Waals surface area contributed by atoms with Crippen LogP contribution >= 0.6 is 0 Å². The minimum absolute atomic E-state index is 0.135. The van der Waals surface area contributed by atoms with Gasteiger partial charge in [-0.25, -0.2) is 0 Å². The van der Waals surface area contributed by atoms with Gasteiger partial charge in [-0.05, 0) is 25.2 Å². The second kappa shape index (κ2) is 24.0. The van der Waals surface area contributed by atoms with Crippen molar-refractivity contribution in [2.75, 3.05) is 19.8 Å². The van der Waals surface area contributed by atoms with Gasteiger partial charge in [-0.2, -0.15) is 0 Å². The molecule has 0 N–H and O–H groups in total. The van der Waals surface area contributed by atoms with E-state index in [2.05, 4.69) is 27.7 Å². The van der Waals surface area contributed by atoms with Gasteiger partial charge in [-0.15, -0.1) is 0 Å². The second-order valence-corrected chi connectivity index (χ2v) is 9.36. The van der Waals surface area contributed by atoms with Crippen molar-refractivity contribution < 1.29 is 19.0 Å². The molecule has 0 aromatic carbocycles. The lowest BCUT2D eigenvalue weighted by molar-refractivity contribution is -0.159. The zero-order valence-electron chi connectivity index (χ0n) is 21.4. The van der Waals surface area contributed by atoms with Crippen LogP contribution < -0.4 is 0 Å². The third-order valence-corrected chi connectivity index (χ3v) is 5.65. The maximum atomic E-state index is 12.0. The number of hydrogen-bond donors (Lipinski definition) is 0. The smallest absolute Gasteiger partial charge is 0.305 e. The summed E-state index contributed by atoms with van der Waals surface area (Å²) in [5.74, 6) is 0.417. The lowest BCUT2D eigenvalue weighted by Gasteiger charge is -2.18. The largest absolute Gasteiger partial charge is 0.466 e. The molecular formula is C27H54O4. The summed E-state index contributed by atoms with van der Waals surface area (Å²) in [6.07, 6.45) is 19.4. The van der Waals surface area contributed by atoms with Crippen molar-refractivity contribution in [2.45, 2.75) is 143 Å². The average Bonchev–Trinajstić information content (AvgIpc) is 2.74. The summed E-state index contributed by atoms with van der Waals surface area (Å²) in [7, 11) is 0. The Morgan fingerprint density at radius 3 is 1.52 bits per heavy atom. The molecule has 0 spiro atoms. The first-order valence-corrected chi connectivity index (χ1v) is 13.5. The maximum Gasteiger partial charge on any atom is 0.305 e. The van der Waals surface area contributed by atoms with Crippen molar-refractivity contribution in [1.29, 1.82) is 0 Å². The number of rotatable bonds is 24. The molecule has 0 rings (SSSR count). The molecule has 0 aliphatic rings. The number of carbonyl (C=O) groups is 1. The van der Waals surface area contributed by atoms with Gasteiger partial charge in [-0.1, -0.05) is 105 Å². The van der Waals surface area contributed by atoms with Gasteiger partial charge in [0.25, 0.3) is 0 Å². The molecule has 0 unspecified atom stereocenters. The Morgan fingerprint density at radius 1 is 0.613 bits per heavy atom. The normalized spacial score (nSPS) is 11.5. The van der Waals surface area contributed by atoms with Gasteiger partial charge in [0.15, 0.2) is 6.29 Å². The SMILES string of the molecule is CCCCCCCCCOC(CCC(=O)OCCC(C)C)OCCCCCCCCC. The quantitative estimate of drug-likeness (QED) is 0.0858. The van der Waals surface area contributed by atoms with Crippen LogP contribution in [0.2, 0.25) is 0 Å². The fourth-order valence-electron chi connectivity index (χ4n) is 3.48. The Morgan fingerprint density at radius 2 is 1.06 bits per heavy atom. The maximum absolute atomic E-state index is 12.0. The molecule has 0 heterocycles. The van der Waals surface area contributed by atoms with E-state index in [9.17, 15) is 4.79 Å². The van der Waals surface area contributed by atoms with Gasteiger partial charge >= 0.3 is 5.97 Å². The van der Waals surface area contributed by atoms with E-state index in [1.54, 1.807) is 0 Å². The van der Waals surface area contributed by atoms with Crippen LogP contribution in [0, 0.1) is 5.92 Å². The van der Waals surface area contributed by atoms with E-state index in [0.29, 0.717) is 25.4 Å². The molecule has 186 valence electrons. The summed E-state index contributed by atoms with van der Waals surface area (Å²) in [5, 5.41) is 0. The Kier molecular flexibility index (Phi) is 23.6. The number of ether oxygens (including phenoxy) is 3. The molecule has 31 heavy (non-hydrogen) atoms. The molecule has 0 aromatic heterocycles. The topological polar surface area (TPSA) is 44.8 Å². The molecule has 0 saturated carbocycles. The predicted octanol–water partition coefficient (Wildman–Crippen LogP) is 8.22. The van der Waals surface area contributed by atoms with E-state index >= 15 is 0 Å². The van der Waals surface area contributed by atoms with E-state index in [0.717, 1.165) is 32.5 Å². The summed E-state index contributed by atoms with van der Waals surface area (Å²) in [6.45, 7) is 10.7. The highest BCUT2D eigenvalue weighted by atomic mass is 16.7. The first kappa shape index (κ1) is 30.4. The van der Waals surface area contributed by atoms with Crippen molar-refractivity contribution >= 4 is 5.97 Å². The molecule has 0 fully saturated rings. The Hall–Kier alpha value is -0.610. The lowest BCUT2D eigenvalue weighted by atomic mass is 10.1. The number of unbranched alkanes of at least 4 members (excludes halogenated alkanes) is 12. The monoisotopic (exact) mass is 442 g/mol. The van der Waals surface area contributed by atoms with Gasteiger partial charge < -0.3 is 14.2 Å². The molecule has 0 radical (unpaired) electrons. The van der Waals surface area contributed by atoms with E-state index in [-0.39, 0.29) is 12.3 Å². The zero-order valence-corrected chi connectivity index (χ0v) is 21.4. The van der Waals surface area contributed by atoms with Crippen LogP contribution in [-0.4, -0.2) is 32.1 Å². The predicted molar refractivity (Wildman–Crippen MR) is 131 cm³/mol. The Labute approximate surface area is 194 Å². The van der Waals surface area contributed by atoms with E-state index in [4.69, 9.17) is 14.2 Å². The molecule has 0 aliphatic heterocycles. The molecular weight excluding hydrogens is 388 g/mol. The average molecular weight is 443 g/mol. The van der Waals surface area contributed by atoms with Crippen LogP contribution in [0.4, 0.5) is 0 Å². The van der Waals surface area contributed by atoms with Crippen molar-refractivity contribution in [2.24, 2.45) is 5.92 Å². The number of carbonyl (C=O) groups excluding carboxylic acids is 1. The zero-order chi connectivity index (χ0) is 23.0. The van der Waals surface area contributed by atoms with E-state index < -0.39 is 0 Å². The van der Waals surface area contributed by atoms with Crippen LogP contribution in [0.15, 0.2) is 0 Å². The third kappa shape index (κ3) is 23.9. The van der Waals surface area contributed by atoms with Crippen molar-refractivity contribution in [3.63, 3.8) is 0 Å². The molecule has 0 saturated heterocycles. The Balaban J connectivity index is 4.01. The number of hydrogen-bond acceptors (Lipinski definition) is 4. The summed E-state index contributed by atoms with van der Waals surface area (Å²) in [6, 6.07) is 0. The van der Waals surface area contributed by atoms with Crippen molar-refractivity contribution in [3.05, 3.63) is 0 Å². The molecule has 0 amide bonds. The highest BCUT2D eigenvalue weighted by Crippen LogP contribution is 2.12. The fraction of sp³-hybridized carbons (Fsp3) is 0.963. The van der Waals surface area contributed by atoms with Gasteiger partial charge in [0.2, 0.25) is 0 Å². The van der Waals surface area contributed by atoms with Crippen LogP contribution in [-0.2, 0) is 19.0 Å². The van der Waals surface area contributed by atoms with Gasteiger partial charge in [0.05, 0.1) is 13.0 Å². The first-order chi connectivity index (χ1) is 15.1. The highest BCUT2D eigenvalue weighted by Gasteiger charge is 2.13. The van der Waals surface area contributed by atoms with Crippen LogP contribution in [0.3, 0.4) is 0 Å². The third-order valence-electron chi connectivity index (χ3n) is 5.65. The van der Waals surface area contributed by atoms with Crippen LogP contribution in [0.5, 0.6) is 0 Å². The molecule has 4 nitrogen and oxygen atoms in total. The molecule has 0 bridgehead atoms. The summed E-state index contributed by atoms with van der Waals surface area (Å²) in [4.78, 5) is 12.0. The molecule has 4 heteroatoms. The molecule has 0 aliphatic carbocycles. The van der Waals surface area contributed by atoms with E-state index in [1.807, 2.05) is 0 Å². The van der Waals surface area contributed by atoms with Crippen molar-refractivity contribution in [1.82, 2.24) is 0 Å². The van der Waals surface area contributed by atoms with Crippen LogP contribution in [0.25, 0.3) is 0 Å². The Bertz CT molecular complexity index is 350. The standard InChI is InChI=1S/C27H54O4/c1-5-7-9-11-13-15-17-22-30-27(20-19-26(28)29-24-21-25(3)4)31-23-18-16-14-12-10-8-6-2/h25,27H,5-24H2,1-4H3. The van der Waals surface area contributed by atoms with Crippen LogP contribution in [0.1, 0.15) is 137 Å². The minimum atomic E-state index is -0.280. The number of esters is 1. The van der Waals surface area contributed by atoms with E-state index in [1.165, 1.54) is 77.0 Å². The first-order valence-electron chi connectivity index (χ1n) is 13.5. The highest BCUT2D eigenvalue weighted by molar-refractivity contribution is 5.69. The van der Waals surface area contributed by atoms with Gasteiger partial charge in [-0.3, -0.25) is 4.79 Å². The van der Waals surface area contributed by atoms with Gasteiger partial charge in [0, 0.05) is 19.6 Å². The van der Waals surface area contributed by atoms with Gasteiger partial charge in [0.1, 0.15) is 0 Å². The summed E-state index contributed by atoms with van der Waals surface area (Å²) in [5.41, 5.74) is 0.